The Morgan fingerprint density at radius 2 is 1.40 bits per heavy atom. The first-order valence-electron chi connectivity index (χ1n) is 15.7. The second-order valence-corrected chi connectivity index (χ2v) is 19.6. The van der Waals surface area contributed by atoms with E-state index in [2.05, 4.69) is 31.9 Å². The van der Waals surface area contributed by atoms with Crippen molar-refractivity contribution >= 4 is 83.2 Å². The SMILES string of the molecule is CC(C)(COCCSSCCOC(=O)C(C)(C)CC(C)(Br)C(=O)ON1C(=O)CCC1=O)CC(C)(Br)C(=O)OCCOC1CCCCO1. The van der Waals surface area contributed by atoms with Crippen molar-refractivity contribution in [3.8, 4) is 0 Å². The van der Waals surface area contributed by atoms with Crippen LogP contribution in [0.5, 0.6) is 0 Å². The average Bonchev–Trinajstić information content (AvgIpc) is 3.29. The molecule has 0 N–H and O–H groups in total. The molecule has 0 spiro atoms. The molecule has 2 aliphatic rings. The van der Waals surface area contributed by atoms with Gasteiger partial charge in [0, 0.05) is 31.0 Å². The number of nitrogens with zero attached hydrogens (tertiary/aromatic N) is 1. The zero-order valence-corrected chi connectivity index (χ0v) is 33.0. The van der Waals surface area contributed by atoms with Gasteiger partial charge in [-0.3, -0.25) is 19.2 Å². The molecule has 0 aliphatic carbocycles. The molecule has 0 bridgehead atoms. The Labute approximate surface area is 302 Å². The Morgan fingerprint density at radius 3 is 2.02 bits per heavy atom. The Hall–Kier alpha value is -0.910. The first-order chi connectivity index (χ1) is 21.9. The predicted molar refractivity (Wildman–Crippen MR) is 186 cm³/mol. The number of imide groups is 1. The molecule has 2 heterocycles. The zero-order chi connectivity index (χ0) is 35.3. The summed E-state index contributed by atoms with van der Waals surface area (Å²) in [4.78, 5) is 66.6. The van der Waals surface area contributed by atoms with Gasteiger partial charge in [0.1, 0.15) is 21.9 Å². The third kappa shape index (κ3) is 15.3. The van der Waals surface area contributed by atoms with E-state index in [4.69, 9.17) is 28.5 Å². The summed E-state index contributed by atoms with van der Waals surface area (Å²) < 4.78 is 25.7. The highest BCUT2D eigenvalue weighted by molar-refractivity contribution is 9.10. The fraction of sp³-hybridized carbons (Fsp3) is 0.839. The fourth-order valence-corrected chi connectivity index (χ4v) is 8.40. The van der Waals surface area contributed by atoms with E-state index in [0.29, 0.717) is 43.7 Å². The molecule has 0 aromatic rings. The summed E-state index contributed by atoms with van der Waals surface area (Å²) in [5, 5.41) is 0.485. The van der Waals surface area contributed by atoms with Crippen molar-refractivity contribution in [2.75, 3.05) is 51.1 Å². The van der Waals surface area contributed by atoms with E-state index in [0.717, 1.165) is 25.0 Å². The molecule has 2 fully saturated rings. The third-order valence-corrected chi connectivity index (χ3v) is 10.8. The third-order valence-electron chi connectivity index (χ3n) is 7.21. The quantitative estimate of drug-likeness (QED) is 0.0455. The lowest BCUT2D eigenvalue weighted by Gasteiger charge is -2.32. The normalized spacial score (nSPS) is 20.0. The summed E-state index contributed by atoms with van der Waals surface area (Å²) >= 11 is 6.84. The Morgan fingerprint density at radius 1 is 0.809 bits per heavy atom. The maximum absolute atomic E-state index is 12.8. The van der Waals surface area contributed by atoms with Gasteiger partial charge < -0.3 is 28.5 Å². The van der Waals surface area contributed by atoms with Gasteiger partial charge in [0.2, 0.25) is 0 Å². The van der Waals surface area contributed by atoms with Crippen LogP contribution in [0.15, 0.2) is 0 Å². The lowest BCUT2D eigenvalue weighted by atomic mass is 9.83. The number of hydroxylamine groups is 2. The number of carbonyl (C=O) groups excluding carboxylic acids is 5. The topological polar surface area (TPSA) is 144 Å². The van der Waals surface area contributed by atoms with Crippen LogP contribution in [0.4, 0.5) is 0 Å². The van der Waals surface area contributed by atoms with Gasteiger partial charge in [-0.05, 0) is 65.2 Å². The van der Waals surface area contributed by atoms with Crippen molar-refractivity contribution < 1.29 is 52.5 Å². The van der Waals surface area contributed by atoms with Gasteiger partial charge >= 0.3 is 17.9 Å². The van der Waals surface area contributed by atoms with E-state index >= 15 is 0 Å². The Balaban J connectivity index is 1.57. The highest BCUT2D eigenvalue weighted by Gasteiger charge is 2.45. The van der Waals surface area contributed by atoms with Crippen LogP contribution in [-0.2, 0) is 52.5 Å². The predicted octanol–water partition coefficient (Wildman–Crippen LogP) is 5.76. The summed E-state index contributed by atoms with van der Waals surface area (Å²) in [6.45, 7) is 13.0. The van der Waals surface area contributed by atoms with Crippen molar-refractivity contribution in [1.29, 1.82) is 0 Å². The van der Waals surface area contributed by atoms with Crippen molar-refractivity contribution in [1.82, 2.24) is 5.06 Å². The van der Waals surface area contributed by atoms with E-state index < -0.39 is 37.8 Å². The Bertz CT molecular complexity index is 1070. The number of esters is 2. The molecule has 270 valence electrons. The Kier molecular flexibility index (Phi) is 17.5. The lowest BCUT2D eigenvalue weighted by molar-refractivity contribution is -0.199. The number of rotatable bonds is 21. The van der Waals surface area contributed by atoms with E-state index in [-0.39, 0.29) is 50.2 Å². The average molecular weight is 836 g/mol. The van der Waals surface area contributed by atoms with Gasteiger partial charge in [-0.15, -0.1) is 5.06 Å². The van der Waals surface area contributed by atoms with Crippen LogP contribution in [0, 0.1) is 10.8 Å². The van der Waals surface area contributed by atoms with Gasteiger partial charge in [0.25, 0.3) is 11.8 Å². The molecule has 3 atom stereocenters. The number of halogens is 2. The van der Waals surface area contributed by atoms with E-state index in [1.165, 1.54) is 6.92 Å². The van der Waals surface area contributed by atoms with Crippen molar-refractivity contribution in [3.63, 3.8) is 0 Å². The lowest BCUT2D eigenvalue weighted by Crippen LogP contribution is -2.43. The van der Waals surface area contributed by atoms with Crippen molar-refractivity contribution in [2.24, 2.45) is 10.8 Å². The molecule has 0 aromatic carbocycles. The van der Waals surface area contributed by atoms with Crippen LogP contribution in [0.2, 0.25) is 0 Å². The molecular weight excluding hydrogens is 786 g/mol. The van der Waals surface area contributed by atoms with Gasteiger partial charge in [0.15, 0.2) is 6.29 Å². The summed E-state index contributed by atoms with van der Waals surface area (Å²) in [5.41, 5.74) is -1.33. The number of ether oxygens (including phenoxy) is 5. The van der Waals surface area contributed by atoms with Gasteiger partial charge in [-0.1, -0.05) is 67.3 Å². The molecule has 0 saturated carbocycles. The second kappa shape index (κ2) is 19.5. The van der Waals surface area contributed by atoms with Gasteiger partial charge in [0.05, 0.1) is 25.2 Å². The van der Waals surface area contributed by atoms with Gasteiger partial charge in [-0.2, -0.15) is 0 Å². The number of hydrogen-bond donors (Lipinski definition) is 0. The largest absolute Gasteiger partial charge is 0.464 e. The van der Waals surface area contributed by atoms with Crippen LogP contribution >= 0.6 is 53.4 Å². The highest BCUT2D eigenvalue weighted by atomic mass is 79.9. The summed E-state index contributed by atoms with van der Waals surface area (Å²) in [6.07, 6.45) is 3.30. The van der Waals surface area contributed by atoms with Crippen LogP contribution in [0.1, 0.15) is 86.5 Å². The monoisotopic (exact) mass is 833 g/mol. The summed E-state index contributed by atoms with van der Waals surface area (Å²) in [7, 11) is 3.15. The van der Waals surface area contributed by atoms with Crippen LogP contribution < -0.4 is 0 Å². The number of alkyl halides is 2. The first-order valence-corrected chi connectivity index (χ1v) is 19.8. The standard InChI is InChI=1S/C31H49Br2NO11S2/c1-28(2,19-30(5,32)26(38)43-14-13-42-24-9-7-8-12-41-24)21-40-15-17-46-47-18-16-44-25(37)29(3,4)20-31(6,33)27(39)45-34-22(35)10-11-23(34)36/h24H,7-21H2,1-6H3. The minimum absolute atomic E-state index is 0.00457. The molecule has 47 heavy (non-hydrogen) atoms. The molecule has 16 heteroatoms. The van der Waals surface area contributed by atoms with E-state index in [1.807, 2.05) is 13.8 Å². The number of hydrogen-bond acceptors (Lipinski definition) is 13. The van der Waals surface area contributed by atoms with Gasteiger partial charge in [-0.25, -0.2) is 4.79 Å². The maximum atomic E-state index is 12.8. The zero-order valence-electron chi connectivity index (χ0n) is 28.2. The molecule has 0 aromatic heterocycles. The smallest absolute Gasteiger partial charge is 0.349 e. The fourth-order valence-electron chi connectivity index (χ4n) is 5.06. The molecule has 0 radical (unpaired) electrons. The van der Waals surface area contributed by atoms with Crippen LogP contribution in [0.3, 0.4) is 0 Å². The summed E-state index contributed by atoms with van der Waals surface area (Å²) in [6, 6.07) is 0. The molecule has 12 nitrogen and oxygen atoms in total. The molecular formula is C31H49Br2NO11S2. The van der Waals surface area contributed by atoms with Crippen LogP contribution in [0.25, 0.3) is 0 Å². The van der Waals surface area contributed by atoms with E-state index in [9.17, 15) is 24.0 Å². The van der Waals surface area contributed by atoms with Crippen molar-refractivity contribution in [3.05, 3.63) is 0 Å². The first kappa shape index (κ1) is 42.3. The molecule has 2 amide bonds. The molecule has 2 saturated heterocycles. The van der Waals surface area contributed by atoms with Crippen LogP contribution in [-0.4, -0.2) is 101 Å². The molecule has 2 aliphatic heterocycles. The summed E-state index contributed by atoms with van der Waals surface area (Å²) in [5.74, 6) is -1.52. The number of carbonyl (C=O) groups is 5. The highest BCUT2D eigenvalue weighted by Crippen LogP contribution is 2.37. The number of amides is 2. The van der Waals surface area contributed by atoms with E-state index in [1.54, 1.807) is 42.4 Å². The molecule has 2 rings (SSSR count). The maximum Gasteiger partial charge on any atom is 0.349 e. The minimum Gasteiger partial charge on any atom is -0.464 e. The minimum atomic E-state index is -1.33. The van der Waals surface area contributed by atoms with Crippen molar-refractivity contribution in [2.45, 2.75) is 101 Å². The molecule has 3 unspecified atom stereocenters. The second-order valence-electron chi connectivity index (χ2n) is 13.4.